The first kappa shape index (κ1) is 14.3. The molecule has 0 spiro atoms. The number of aromatic nitrogens is 2. The van der Waals surface area contributed by atoms with Crippen LogP contribution in [-0.4, -0.2) is 16.1 Å². The molecule has 0 saturated carbocycles. The predicted octanol–water partition coefficient (Wildman–Crippen LogP) is 3.70. The molecule has 3 nitrogen and oxygen atoms in total. The largest absolute Gasteiger partial charge is 0.313 e. The molecule has 1 heterocycles. The summed E-state index contributed by atoms with van der Waals surface area (Å²) >= 11 is 3.55. The zero-order chi connectivity index (χ0) is 13.7. The van der Waals surface area contributed by atoms with Crippen LogP contribution >= 0.6 is 15.9 Å². The molecule has 1 N–H and O–H groups in total. The Hall–Kier alpha value is -1.13. The van der Waals surface area contributed by atoms with Gasteiger partial charge in [-0.15, -0.1) is 0 Å². The van der Waals surface area contributed by atoms with E-state index < -0.39 is 0 Å². The number of hydrogen-bond donors (Lipinski definition) is 1. The van der Waals surface area contributed by atoms with Gasteiger partial charge in [-0.1, -0.05) is 29.8 Å². The molecule has 0 amide bonds. The third-order valence-electron chi connectivity index (χ3n) is 3.08. The van der Waals surface area contributed by atoms with E-state index in [1.54, 1.807) is 0 Å². The Kier molecular flexibility index (Phi) is 5.16. The van der Waals surface area contributed by atoms with Gasteiger partial charge in [0.2, 0.25) is 0 Å². The van der Waals surface area contributed by atoms with Crippen molar-refractivity contribution in [3.8, 4) is 5.69 Å². The van der Waals surface area contributed by atoms with E-state index in [4.69, 9.17) is 0 Å². The van der Waals surface area contributed by atoms with Crippen LogP contribution in [0.2, 0.25) is 0 Å². The van der Waals surface area contributed by atoms with Crippen LogP contribution in [-0.2, 0) is 13.0 Å². The molecule has 1 aromatic carbocycles. The highest BCUT2D eigenvalue weighted by atomic mass is 79.9. The van der Waals surface area contributed by atoms with Gasteiger partial charge in [-0.05, 0) is 36.7 Å². The second-order valence-corrected chi connectivity index (χ2v) is 5.43. The van der Waals surface area contributed by atoms with E-state index in [9.17, 15) is 0 Å². The monoisotopic (exact) mass is 321 g/mol. The van der Waals surface area contributed by atoms with Crippen LogP contribution in [0.15, 0.2) is 35.1 Å². The second kappa shape index (κ2) is 6.87. The summed E-state index contributed by atoms with van der Waals surface area (Å²) in [4.78, 5) is 4.40. The van der Waals surface area contributed by atoms with Gasteiger partial charge < -0.3 is 9.88 Å². The standard InChI is InChI=1S/C15H20BrN3/c1-3-7-17-11-12-10-13(16)5-6-14(12)19-9-8-18-15(19)4-2/h5-6,8-10,17H,3-4,7,11H2,1-2H3. The predicted molar refractivity (Wildman–Crippen MR) is 82.6 cm³/mol. The molecule has 4 heteroatoms. The van der Waals surface area contributed by atoms with Gasteiger partial charge in [0, 0.05) is 29.8 Å². The van der Waals surface area contributed by atoms with Gasteiger partial charge in [0.15, 0.2) is 0 Å². The van der Waals surface area contributed by atoms with Crippen molar-refractivity contribution in [3.63, 3.8) is 0 Å². The number of imidazole rings is 1. The van der Waals surface area contributed by atoms with Crippen LogP contribution in [0.3, 0.4) is 0 Å². The van der Waals surface area contributed by atoms with Crippen molar-refractivity contribution in [2.75, 3.05) is 6.54 Å². The summed E-state index contributed by atoms with van der Waals surface area (Å²) < 4.78 is 3.29. The van der Waals surface area contributed by atoms with Gasteiger partial charge in [0.05, 0.1) is 5.69 Å². The molecule has 0 saturated heterocycles. The minimum Gasteiger partial charge on any atom is -0.313 e. The number of halogens is 1. The number of hydrogen-bond acceptors (Lipinski definition) is 2. The number of aryl methyl sites for hydroxylation is 1. The summed E-state index contributed by atoms with van der Waals surface area (Å²) in [5, 5.41) is 3.46. The molecule has 0 unspecified atom stereocenters. The van der Waals surface area contributed by atoms with Gasteiger partial charge in [0.25, 0.3) is 0 Å². The van der Waals surface area contributed by atoms with E-state index in [1.165, 1.54) is 11.3 Å². The summed E-state index contributed by atoms with van der Waals surface area (Å²) in [6, 6.07) is 6.41. The molecule has 102 valence electrons. The second-order valence-electron chi connectivity index (χ2n) is 4.52. The fourth-order valence-corrected chi connectivity index (χ4v) is 2.55. The van der Waals surface area contributed by atoms with Crippen LogP contribution in [0.1, 0.15) is 31.7 Å². The zero-order valence-electron chi connectivity index (χ0n) is 11.5. The van der Waals surface area contributed by atoms with Gasteiger partial charge in [0.1, 0.15) is 5.82 Å². The maximum atomic E-state index is 4.40. The summed E-state index contributed by atoms with van der Waals surface area (Å²) in [5.41, 5.74) is 2.50. The Morgan fingerprint density at radius 3 is 2.89 bits per heavy atom. The van der Waals surface area contributed by atoms with Crippen LogP contribution in [0, 0.1) is 0 Å². The summed E-state index contributed by atoms with van der Waals surface area (Å²) in [6.07, 6.45) is 5.98. The maximum Gasteiger partial charge on any atom is 0.112 e. The van der Waals surface area contributed by atoms with E-state index in [0.29, 0.717) is 0 Å². The van der Waals surface area contributed by atoms with Crippen LogP contribution in [0.4, 0.5) is 0 Å². The molecular formula is C15H20BrN3. The SMILES string of the molecule is CCCNCc1cc(Br)ccc1-n1ccnc1CC. The smallest absolute Gasteiger partial charge is 0.112 e. The highest BCUT2D eigenvalue weighted by molar-refractivity contribution is 9.10. The minimum atomic E-state index is 0.879. The lowest BCUT2D eigenvalue weighted by Crippen LogP contribution is -2.16. The Bertz CT molecular complexity index is 534. The lowest BCUT2D eigenvalue weighted by molar-refractivity contribution is 0.671. The topological polar surface area (TPSA) is 29.9 Å². The lowest BCUT2D eigenvalue weighted by Gasteiger charge is -2.14. The molecule has 0 atom stereocenters. The van der Waals surface area contributed by atoms with Gasteiger partial charge in [-0.25, -0.2) is 4.98 Å². The van der Waals surface area contributed by atoms with Crippen molar-refractivity contribution >= 4 is 15.9 Å². The van der Waals surface area contributed by atoms with E-state index in [-0.39, 0.29) is 0 Å². The Labute approximate surface area is 123 Å². The minimum absolute atomic E-state index is 0.879. The van der Waals surface area contributed by atoms with Crippen molar-refractivity contribution in [2.45, 2.75) is 33.2 Å². The molecule has 0 aliphatic carbocycles. The fraction of sp³-hybridized carbons (Fsp3) is 0.400. The number of benzene rings is 1. The molecule has 2 aromatic rings. The number of nitrogens with one attached hydrogen (secondary N) is 1. The van der Waals surface area contributed by atoms with Gasteiger partial charge in [-0.2, -0.15) is 0 Å². The molecule has 0 aliphatic rings. The summed E-state index contributed by atoms with van der Waals surface area (Å²) in [7, 11) is 0. The average molecular weight is 322 g/mol. The molecule has 0 bridgehead atoms. The average Bonchev–Trinajstić information content (AvgIpc) is 2.87. The molecule has 2 rings (SSSR count). The van der Waals surface area contributed by atoms with Crippen molar-refractivity contribution in [3.05, 3.63) is 46.5 Å². The van der Waals surface area contributed by atoms with Crippen LogP contribution < -0.4 is 5.32 Å². The third kappa shape index (κ3) is 3.45. The van der Waals surface area contributed by atoms with E-state index in [1.807, 2.05) is 12.4 Å². The molecular weight excluding hydrogens is 302 g/mol. The first-order chi connectivity index (χ1) is 9.26. The van der Waals surface area contributed by atoms with Crippen LogP contribution in [0.5, 0.6) is 0 Å². The Balaban J connectivity index is 2.33. The third-order valence-corrected chi connectivity index (χ3v) is 3.57. The number of nitrogens with zero attached hydrogens (tertiary/aromatic N) is 2. The molecule has 19 heavy (non-hydrogen) atoms. The Morgan fingerprint density at radius 2 is 2.16 bits per heavy atom. The molecule has 0 radical (unpaired) electrons. The molecule has 1 aromatic heterocycles. The van der Waals surface area contributed by atoms with Crippen LogP contribution in [0.25, 0.3) is 5.69 Å². The summed E-state index contributed by atoms with van der Waals surface area (Å²) in [5.74, 6) is 1.10. The zero-order valence-corrected chi connectivity index (χ0v) is 13.1. The molecule has 0 fully saturated rings. The lowest BCUT2D eigenvalue weighted by atomic mass is 10.1. The van der Waals surface area contributed by atoms with Crippen molar-refractivity contribution in [2.24, 2.45) is 0 Å². The Morgan fingerprint density at radius 1 is 1.32 bits per heavy atom. The first-order valence-electron chi connectivity index (χ1n) is 6.78. The highest BCUT2D eigenvalue weighted by Gasteiger charge is 2.08. The first-order valence-corrected chi connectivity index (χ1v) is 7.57. The molecule has 0 aliphatic heterocycles. The quantitative estimate of drug-likeness (QED) is 0.822. The highest BCUT2D eigenvalue weighted by Crippen LogP contribution is 2.21. The van der Waals surface area contributed by atoms with E-state index >= 15 is 0 Å². The van der Waals surface area contributed by atoms with Gasteiger partial charge in [-0.3, -0.25) is 0 Å². The fourth-order valence-electron chi connectivity index (χ4n) is 2.15. The van der Waals surface area contributed by atoms with E-state index in [2.05, 4.69) is 62.8 Å². The van der Waals surface area contributed by atoms with Crippen molar-refractivity contribution in [1.82, 2.24) is 14.9 Å². The van der Waals surface area contributed by atoms with E-state index in [0.717, 1.165) is 36.2 Å². The normalized spacial score (nSPS) is 10.9. The van der Waals surface area contributed by atoms with Crippen molar-refractivity contribution < 1.29 is 0 Å². The van der Waals surface area contributed by atoms with Crippen molar-refractivity contribution in [1.29, 1.82) is 0 Å². The summed E-state index contributed by atoms with van der Waals surface area (Å²) in [6.45, 7) is 6.23. The van der Waals surface area contributed by atoms with Gasteiger partial charge >= 0.3 is 0 Å². The maximum absolute atomic E-state index is 4.40. The number of rotatable bonds is 6.